The maximum Gasteiger partial charge on any atom is 0.313 e. The fraction of sp³-hybridized carbons (Fsp3) is 0.429. The van der Waals surface area contributed by atoms with E-state index in [-0.39, 0.29) is 35.9 Å². The highest BCUT2D eigenvalue weighted by molar-refractivity contribution is 8.09. The van der Waals surface area contributed by atoms with Crippen molar-refractivity contribution in [3.05, 3.63) is 47.0 Å². The predicted molar refractivity (Wildman–Crippen MR) is 131 cm³/mol. The van der Waals surface area contributed by atoms with Crippen LogP contribution in [0.3, 0.4) is 0 Å². The van der Waals surface area contributed by atoms with E-state index in [0.29, 0.717) is 17.8 Å². The van der Waals surface area contributed by atoms with Gasteiger partial charge in [-0.05, 0) is 44.2 Å². The topological polar surface area (TPSA) is 146 Å². The maximum absolute atomic E-state index is 12.1. The minimum atomic E-state index is -3.07. The number of imidazole rings is 1. The molecule has 3 heterocycles. The van der Waals surface area contributed by atoms with Gasteiger partial charge in [-0.25, -0.2) is 10.1 Å². The van der Waals surface area contributed by atoms with E-state index in [0.717, 1.165) is 0 Å². The molecule has 182 valence electrons. The van der Waals surface area contributed by atoms with Crippen LogP contribution in [0.25, 0.3) is 11.2 Å². The second-order valence-corrected chi connectivity index (χ2v) is 11.4. The largest absolute Gasteiger partial charge is 0.433 e. The Hall–Kier alpha value is -2.63. The molecular weight excluding hydrogens is 479 g/mol. The standard InChI is InChI=1S/C21H27N6O5PS/c1-12-9-16(31-20(12)27-11-23-17-18(27)24-21(22)25-19(17)29)10-30-33(34,26-13(2)14(3)28)32-15-7-5-4-6-8-15/h4-8,11-13,16,20H,9-10H2,1-3H3,(H,26,34)(H3,22,24,25,29). The Morgan fingerprint density at radius 1 is 1.44 bits per heavy atom. The first kappa shape index (κ1) is 24.5. The summed E-state index contributed by atoms with van der Waals surface area (Å²) in [6.07, 6.45) is 1.49. The van der Waals surface area contributed by atoms with Crippen LogP contribution in [0.4, 0.5) is 5.95 Å². The van der Waals surface area contributed by atoms with Crippen molar-refractivity contribution in [1.82, 2.24) is 24.6 Å². The van der Waals surface area contributed by atoms with Crippen molar-refractivity contribution in [3.63, 3.8) is 0 Å². The number of aromatic nitrogens is 4. The first-order valence-corrected chi connectivity index (χ1v) is 13.4. The van der Waals surface area contributed by atoms with Gasteiger partial charge in [0.2, 0.25) is 5.95 Å². The zero-order valence-electron chi connectivity index (χ0n) is 19.0. The molecule has 0 saturated carbocycles. The lowest BCUT2D eigenvalue weighted by Crippen LogP contribution is -2.33. The summed E-state index contributed by atoms with van der Waals surface area (Å²) >= 11 is 5.71. The number of fused-ring (bicyclic) bond motifs is 1. The van der Waals surface area contributed by atoms with Crippen molar-refractivity contribution in [2.45, 2.75) is 45.6 Å². The Kier molecular flexibility index (Phi) is 7.15. The van der Waals surface area contributed by atoms with Gasteiger partial charge in [0.05, 0.1) is 25.1 Å². The Bertz CT molecular complexity index is 1280. The number of nitrogens with zero attached hydrogens (tertiary/aromatic N) is 3. The summed E-state index contributed by atoms with van der Waals surface area (Å²) in [6.45, 7) is 2.32. The molecule has 11 nitrogen and oxygen atoms in total. The number of benzene rings is 1. The van der Waals surface area contributed by atoms with Gasteiger partial charge in [0.15, 0.2) is 11.2 Å². The third-order valence-electron chi connectivity index (χ3n) is 5.54. The third kappa shape index (κ3) is 5.37. The molecule has 0 aliphatic carbocycles. The molecular formula is C21H27N6O5PS. The lowest BCUT2D eigenvalue weighted by atomic mass is 10.1. The molecule has 1 saturated heterocycles. The molecule has 0 amide bonds. The second kappa shape index (κ2) is 9.93. The number of hydrogen-bond acceptors (Lipinski definition) is 9. The van der Waals surface area contributed by atoms with Crippen molar-refractivity contribution in [2.24, 2.45) is 5.92 Å². The monoisotopic (exact) mass is 506 g/mol. The van der Waals surface area contributed by atoms with E-state index in [2.05, 4.69) is 20.0 Å². The zero-order valence-corrected chi connectivity index (χ0v) is 20.7. The number of anilines is 1. The molecule has 5 atom stereocenters. The van der Waals surface area contributed by atoms with E-state index in [1.165, 1.54) is 13.3 Å². The number of H-pyrrole nitrogens is 1. The molecule has 34 heavy (non-hydrogen) atoms. The molecule has 13 heteroatoms. The van der Waals surface area contributed by atoms with E-state index >= 15 is 0 Å². The van der Waals surface area contributed by atoms with Gasteiger partial charge >= 0.3 is 6.64 Å². The lowest BCUT2D eigenvalue weighted by molar-refractivity contribution is -0.118. The number of hydrogen-bond donors (Lipinski definition) is 3. The Labute approximate surface area is 201 Å². The maximum atomic E-state index is 12.1. The Balaban J connectivity index is 1.49. The number of nitrogens with one attached hydrogen (secondary N) is 2. The summed E-state index contributed by atoms with van der Waals surface area (Å²) in [5, 5.41) is 3.05. The molecule has 2 aromatic heterocycles. The van der Waals surface area contributed by atoms with Gasteiger partial charge in [0.25, 0.3) is 5.56 Å². The first-order chi connectivity index (χ1) is 16.1. The van der Waals surface area contributed by atoms with Gasteiger partial charge in [-0.1, -0.05) is 25.1 Å². The average molecular weight is 507 g/mol. The van der Waals surface area contributed by atoms with Gasteiger partial charge < -0.3 is 19.5 Å². The molecule has 0 radical (unpaired) electrons. The number of carbonyl (C=O) groups excluding carboxylic acids is 1. The SMILES string of the molecule is CC(=O)C(C)NP(=S)(OCC1CC(C)C(n2cnc3c(=O)[nH]c(N)nc32)O1)Oc1ccccc1. The van der Waals surface area contributed by atoms with Crippen LogP contribution in [-0.2, 0) is 25.9 Å². The van der Waals surface area contributed by atoms with Gasteiger partial charge in [-0.3, -0.25) is 19.1 Å². The van der Waals surface area contributed by atoms with Crippen molar-refractivity contribution < 1.29 is 18.6 Å². The third-order valence-corrected chi connectivity index (χ3v) is 8.04. The minimum absolute atomic E-state index is 0.00852. The fourth-order valence-electron chi connectivity index (χ4n) is 3.71. The molecule has 4 N–H and O–H groups in total. The highest BCUT2D eigenvalue weighted by Gasteiger charge is 2.36. The van der Waals surface area contributed by atoms with Crippen LogP contribution in [0.1, 0.15) is 33.4 Å². The summed E-state index contributed by atoms with van der Waals surface area (Å²) in [4.78, 5) is 34.8. The van der Waals surface area contributed by atoms with E-state index in [1.807, 2.05) is 25.1 Å². The highest BCUT2D eigenvalue weighted by Crippen LogP contribution is 2.46. The number of para-hydroxylation sites is 1. The smallest absolute Gasteiger partial charge is 0.313 e. The highest BCUT2D eigenvalue weighted by atomic mass is 32.5. The number of nitrogen functional groups attached to an aromatic ring is 1. The minimum Gasteiger partial charge on any atom is -0.433 e. The summed E-state index contributed by atoms with van der Waals surface area (Å²) in [7, 11) is 0. The number of nitrogens with two attached hydrogens (primary N) is 1. The van der Waals surface area contributed by atoms with Crippen LogP contribution in [0.15, 0.2) is 41.5 Å². The average Bonchev–Trinajstić information content (AvgIpc) is 3.36. The molecule has 1 aliphatic rings. The number of rotatable bonds is 9. The Morgan fingerprint density at radius 2 is 2.18 bits per heavy atom. The molecule has 1 aromatic carbocycles. The van der Waals surface area contributed by atoms with Crippen LogP contribution in [0.2, 0.25) is 0 Å². The van der Waals surface area contributed by atoms with E-state index < -0.39 is 24.5 Å². The molecule has 3 aromatic rings. The van der Waals surface area contributed by atoms with Gasteiger partial charge in [-0.2, -0.15) is 4.98 Å². The Morgan fingerprint density at radius 3 is 2.88 bits per heavy atom. The summed E-state index contributed by atoms with van der Waals surface area (Å²) in [6, 6.07) is 8.55. The summed E-state index contributed by atoms with van der Waals surface area (Å²) in [5.41, 5.74) is 5.85. The van der Waals surface area contributed by atoms with Crippen molar-refractivity contribution >= 4 is 41.3 Å². The van der Waals surface area contributed by atoms with Gasteiger partial charge in [0.1, 0.15) is 17.8 Å². The quantitative estimate of drug-likeness (QED) is 0.370. The number of ketones is 1. The molecule has 5 unspecified atom stereocenters. The molecule has 0 spiro atoms. The van der Waals surface area contributed by atoms with E-state index in [1.54, 1.807) is 23.6 Å². The number of Topliss-reactive ketones (excluding diaryl/α,β-unsaturated/α-hetero) is 1. The second-order valence-electron chi connectivity index (χ2n) is 8.30. The molecule has 1 aliphatic heterocycles. The van der Waals surface area contributed by atoms with Crippen LogP contribution < -0.4 is 20.9 Å². The zero-order chi connectivity index (χ0) is 24.5. The first-order valence-electron chi connectivity index (χ1n) is 10.8. The number of ether oxygens (including phenoxy) is 1. The van der Waals surface area contributed by atoms with E-state index in [9.17, 15) is 9.59 Å². The van der Waals surface area contributed by atoms with Crippen LogP contribution in [-0.4, -0.2) is 44.1 Å². The van der Waals surface area contributed by atoms with Crippen molar-refractivity contribution in [1.29, 1.82) is 0 Å². The predicted octanol–water partition coefficient (Wildman–Crippen LogP) is 2.51. The lowest BCUT2D eigenvalue weighted by Gasteiger charge is -2.27. The molecule has 4 rings (SSSR count). The van der Waals surface area contributed by atoms with Gasteiger partial charge in [-0.15, -0.1) is 0 Å². The molecule has 0 bridgehead atoms. The van der Waals surface area contributed by atoms with E-state index in [4.69, 9.17) is 31.3 Å². The summed E-state index contributed by atoms with van der Waals surface area (Å²) < 4.78 is 20.0. The summed E-state index contributed by atoms with van der Waals surface area (Å²) in [5.74, 6) is 0.556. The normalized spacial score (nSPS) is 23.0. The van der Waals surface area contributed by atoms with Crippen LogP contribution >= 0.6 is 6.64 Å². The van der Waals surface area contributed by atoms with Crippen LogP contribution in [0, 0.1) is 5.92 Å². The van der Waals surface area contributed by atoms with Crippen molar-refractivity contribution in [3.8, 4) is 5.75 Å². The van der Waals surface area contributed by atoms with Crippen LogP contribution in [0.5, 0.6) is 5.75 Å². The van der Waals surface area contributed by atoms with Crippen molar-refractivity contribution in [2.75, 3.05) is 12.3 Å². The fourth-order valence-corrected chi connectivity index (χ4v) is 6.23. The molecule has 1 fully saturated rings. The number of aromatic amines is 1. The van der Waals surface area contributed by atoms with Gasteiger partial charge in [0, 0.05) is 5.92 Å². The number of carbonyl (C=O) groups is 1.